The van der Waals surface area contributed by atoms with E-state index in [1.54, 1.807) is 36.2 Å². The zero-order valence-electron chi connectivity index (χ0n) is 18.0. The molecule has 2 N–H and O–H groups in total. The van der Waals surface area contributed by atoms with Crippen LogP contribution in [0.4, 0.5) is 10.1 Å². The Kier molecular flexibility index (Phi) is 7.96. The van der Waals surface area contributed by atoms with Gasteiger partial charge in [0.1, 0.15) is 17.3 Å². The number of ether oxygens (including phenoxy) is 1. The number of primary amides is 1. The lowest BCUT2D eigenvalue weighted by molar-refractivity contribution is -0.118. The predicted molar refractivity (Wildman–Crippen MR) is 120 cm³/mol. The van der Waals surface area contributed by atoms with E-state index in [4.69, 9.17) is 10.5 Å². The number of benzene rings is 2. The third kappa shape index (κ3) is 6.16. The molecule has 0 aliphatic carbocycles. The van der Waals surface area contributed by atoms with Crippen molar-refractivity contribution in [1.82, 2.24) is 9.78 Å². The molecule has 3 heterocycles. The Morgan fingerprint density at radius 2 is 1.78 bits per heavy atom. The highest BCUT2D eigenvalue weighted by molar-refractivity contribution is 5.95. The number of nitrogens with zero attached hydrogens (tertiary/aromatic N) is 3. The van der Waals surface area contributed by atoms with E-state index in [0.29, 0.717) is 18.7 Å². The maximum atomic E-state index is 11.9. The van der Waals surface area contributed by atoms with Crippen molar-refractivity contribution in [2.45, 2.75) is 32.2 Å². The average Bonchev–Trinajstić information content (AvgIpc) is 3.19. The van der Waals surface area contributed by atoms with Crippen LogP contribution in [0.3, 0.4) is 0 Å². The molecule has 0 radical (unpaired) electrons. The van der Waals surface area contributed by atoms with Gasteiger partial charge >= 0.3 is 0 Å². The fourth-order valence-corrected chi connectivity index (χ4v) is 3.36. The summed E-state index contributed by atoms with van der Waals surface area (Å²) < 4.78 is 19.2. The third-order valence-electron chi connectivity index (χ3n) is 5.08. The Balaban J connectivity index is 0.000000142. The number of halogens is 1. The molecule has 5 rings (SSSR count). The first-order chi connectivity index (χ1) is 15.5. The molecule has 0 atom stereocenters. The van der Waals surface area contributed by atoms with Crippen molar-refractivity contribution in [3.05, 3.63) is 77.9 Å². The van der Waals surface area contributed by atoms with Gasteiger partial charge in [-0.1, -0.05) is 30.3 Å². The van der Waals surface area contributed by atoms with Gasteiger partial charge in [-0.25, -0.2) is 4.39 Å². The lowest BCUT2D eigenvalue weighted by Crippen LogP contribution is -2.24. The van der Waals surface area contributed by atoms with Crippen molar-refractivity contribution < 1.29 is 18.7 Å². The van der Waals surface area contributed by atoms with Crippen LogP contribution in [0.1, 0.15) is 35.4 Å². The predicted octanol–water partition coefficient (Wildman–Crippen LogP) is 3.58. The number of aryl methyl sites for hydroxylation is 2. The number of anilines is 1. The molecule has 0 spiro atoms. The third-order valence-corrected chi connectivity index (χ3v) is 5.08. The van der Waals surface area contributed by atoms with Crippen molar-refractivity contribution in [3.8, 4) is 5.75 Å². The SMILES string of the molecule is CN1C(=O)CCOc2ccccc21.Fc1ccccc1.NC(=O)c1cc2n(n1)CCCC2. The first-order valence-electron chi connectivity index (χ1n) is 10.5. The topological polar surface area (TPSA) is 90.5 Å². The quantitative estimate of drug-likeness (QED) is 0.629. The zero-order valence-corrected chi connectivity index (χ0v) is 18.0. The highest BCUT2D eigenvalue weighted by atomic mass is 19.1. The molecule has 32 heavy (non-hydrogen) atoms. The number of fused-ring (bicyclic) bond motifs is 2. The van der Waals surface area contributed by atoms with E-state index in [-0.39, 0.29) is 11.7 Å². The van der Waals surface area contributed by atoms with Gasteiger partial charge in [0.2, 0.25) is 5.91 Å². The first kappa shape index (κ1) is 23.0. The number of carbonyl (C=O) groups is 2. The lowest BCUT2D eigenvalue weighted by Gasteiger charge is -2.15. The molecule has 0 fully saturated rings. The molecule has 7 nitrogen and oxygen atoms in total. The molecular formula is C24H27FN4O3. The molecule has 8 heteroatoms. The van der Waals surface area contributed by atoms with Crippen LogP contribution in [0.5, 0.6) is 5.75 Å². The van der Waals surface area contributed by atoms with E-state index in [1.807, 2.05) is 28.9 Å². The van der Waals surface area contributed by atoms with Crippen LogP contribution in [0.15, 0.2) is 60.7 Å². The normalized spacial score (nSPS) is 14.3. The van der Waals surface area contributed by atoms with Gasteiger partial charge in [0.15, 0.2) is 0 Å². The van der Waals surface area contributed by atoms with Crippen LogP contribution in [-0.4, -0.2) is 35.2 Å². The summed E-state index contributed by atoms with van der Waals surface area (Å²) in [6.07, 6.45) is 3.79. The van der Waals surface area contributed by atoms with Crippen molar-refractivity contribution in [1.29, 1.82) is 0 Å². The van der Waals surface area contributed by atoms with Gasteiger partial charge in [-0.15, -0.1) is 0 Å². The number of nitrogens with two attached hydrogens (primary N) is 1. The standard InChI is InChI=1S/C10H11NO2.C8H11N3O.C6H5F/c1-11-8-4-2-3-5-9(8)13-7-6-10(11)12;9-8(12)7-5-6-3-1-2-4-11(6)10-7;7-6-4-2-1-3-5-6/h2-5H,6-7H2,1H3;5H,1-4H2,(H2,9,12);1-5H. The first-order valence-corrected chi connectivity index (χ1v) is 10.5. The Labute approximate surface area is 186 Å². The van der Waals surface area contributed by atoms with Gasteiger partial charge in [-0.3, -0.25) is 14.3 Å². The van der Waals surface area contributed by atoms with Gasteiger partial charge in [-0.2, -0.15) is 5.10 Å². The van der Waals surface area contributed by atoms with Crippen LogP contribution >= 0.6 is 0 Å². The summed E-state index contributed by atoms with van der Waals surface area (Å²) in [4.78, 5) is 23.8. The van der Waals surface area contributed by atoms with Gasteiger partial charge < -0.3 is 15.4 Å². The van der Waals surface area contributed by atoms with Crippen LogP contribution < -0.4 is 15.4 Å². The number of rotatable bonds is 1. The minimum absolute atomic E-state index is 0.102. The summed E-state index contributed by atoms with van der Waals surface area (Å²) in [5.41, 5.74) is 7.49. The molecule has 0 saturated heterocycles. The van der Waals surface area contributed by atoms with E-state index in [2.05, 4.69) is 5.10 Å². The second-order valence-corrected chi connectivity index (χ2v) is 7.38. The van der Waals surface area contributed by atoms with E-state index < -0.39 is 5.91 Å². The summed E-state index contributed by atoms with van der Waals surface area (Å²) in [6.45, 7) is 1.39. The summed E-state index contributed by atoms with van der Waals surface area (Å²) in [6, 6.07) is 17.3. The Morgan fingerprint density at radius 1 is 1.06 bits per heavy atom. The Bertz CT molecular complexity index is 1030. The summed E-state index contributed by atoms with van der Waals surface area (Å²) >= 11 is 0. The molecule has 0 saturated carbocycles. The van der Waals surface area contributed by atoms with Crippen molar-refractivity contribution in [2.24, 2.45) is 5.73 Å². The highest BCUT2D eigenvalue weighted by Gasteiger charge is 2.18. The number of carbonyl (C=O) groups excluding carboxylic acids is 2. The summed E-state index contributed by atoms with van der Waals surface area (Å²) in [5.74, 6) is 0.278. The van der Waals surface area contributed by atoms with Crippen LogP contribution in [0.2, 0.25) is 0 Å². The van der Waals surface area contributed by atoms with Crippen molar-refractivity contribution in [2.75, 3.05) is 18.6 Å². The van der Waals surface area contributed by atoms with Gasteiger partial charge in [0.05, 0.1) is 18.7 Å². The smallest absolute Gasteiger partial charge is 0.269 e. The summed E-state index contributed by atoms with van der Waals surface area (Å²) in [7, 11) is 1.77. The second-order valence-electron chi connectivity index (χ2n) is 7.38. The van der Waals surface area contributed by atoms with E-state index in [1.165, 1.54) is 18.6 Å². The molecule has 0 bridgehead atoms. The minimum Gasteiger partial charge on any atom is -0.491 e. The fourth-order valence-electron chi connectivity index (χ4n) is 3.36. The molecular weight excluding hydrogens is 411 g/mol. The maximum absolute atomic E-state index is 11.9. The molecule has 2 aromatic carbocycles. The van der Waals surface area contributed by atoms with Gasteiger partial charge in [0, 0.05) is 19.3 Å². The van der Waals surface area contributed by atoms with Crippen LogP contribution in [0.25, 0.3) is 0 Å². The monoisotopic (exact) mass is 438 g/mol. The molecule has 2 aliphatic heterocycles. The highest BCUT2D eigenvalue weighted by Crippen LogP contribution is 2.29. The number of para-hydroxylation sites is 2. The number of hydrogen-bond donors (Lipinski definition) is 1. The minimum atomic E-state index is -0.433. The van der Waals surface area contributed by atoms with E-state index in [0.717, 1.165) is 36.5 Å². The molecule has 0 unspecified atom stereocenters. The van der Waals surface area contributed by atoms with Crippen LogP contribution in [-0.2, 0) is 17.8 Å². The van der Waals surface area contributed by atoms with Gasteiger partial charge in [-0.05, 0) is 49.6 Å². The number of amides is 2. The average molecular weight is 439 g/mol. The largest absolute Gasteiger partial charge is 0.491 e. The van der Waals surface area contributed by atoms with Crippen molar-refractivity contribution >= 4 is 17.5 Å². The molecule has 2 amide bonds. The zero-order chi connectivity index (χ0) is 22.9. The molecule has 2 aliphatic rings. The Hall–Kier alpha value is -3.68. The van der Waals surface area contributed by atoms with Crippen molar-refractivity contribution in [3.63, 3.8) is 0 Å². The van der Waals surface area contributed by atoms with E-state index >= 15 is 0 Å². The number of aromatic nitrogens is 2. The maximum Gasteiger partial charge on any atom is 0.269 e. The molecule has 3 aromatic rings. The van der Waals surface area contributed by atoms with Crippen LogP contribution in [0, 0.1) is 5.82 Å². The molecule has 168 valence electrons. The fraction of sp³-hybridized carbons (Fsp3) is 0.292. The van der Waals surface area contributed by atoms with Gasteiger partial charge in [0.25, 0.3) is 5.91 Å². The Morgan fingerprint density at radius 3 is 2.44 bits per heavy atom. The number of hydrogen-bond acceptors (Lipinski definition) is 4. The van der Waals surface area contributed by atoms with E-state index in [9.17, 15) is 14.0 Å². The lowest BCUT2D eigenvalue weighted by atomic mass is 10.1. The second kappa shape index (κ2) is 11.1. The summed E-state index contributed by atoms with van der Waals surface area (Å²) in [5, 5.41) is 4.09. The molecule has 1 aromatic heterocycles.